The molecule has 0 aliphatic carbocycles. The van der Waals surface area contributed by atoms with E-state index in [0.717, 1.165) is 29.2 Å². The summed E-state index contributed by atoms with van der Waals surface area (Å²) in [6.45, 7) is 4.66. The zero-order valence-electron chi connectivity index (χ0n) is 11.5. The largest absolute Gasteiger partial charge is 0.493 e. The molecule has 1 aromatic heterocycles. The predicted molar refractivity (Wildman–Crippen MR) is 78.8 cm³/mol. The van der Waals surface area contributed by atoms with Crippen LogP contribution in [0, 0.1) is 13.8 Å². The summed E-state index contributed by atoms with van der Waals surface area (Å²) in [7, 11) is 0. The molecule has 0 saturated heterocycles. The fourth-order valence-corrected chi connectivity index (χ4v) is 2.61. The molecule has 4 nitrogen and oxygen atoms in total. The van der Waals surface area contributed by atoms with Gasteiger partial charge in [0.1, 0.15) is 5.75 Å². The molecule has 2 aromatic rings. The minimum absolute atomic E-state index is 0.125. The molecule has 2 rings (SSSR count). The highest BCUT2D eigenvalue weighted by atomic mass is 32.1. The van der Waals surface area contributed by atoms with E-state index in [0.29, 0.717) is 6.61 Å². The van der Waals surface area contributed by atoms with Crippen molar-refractivity contribution in [3.05, 3.63) is 45.4 Å². The van der Waals surface area contributed by atoms with Gasteiger partial charge in [0, 0.05) is 11.8 Å². The third kappa shape index (κ3) is 3.81. The first-order valence-electron chi connectivity index (χ1n) is 6.44. The van der Waals surface area contributed by atoms with Gasteiger partial charge in [-0.2, -0.15) is 0 Å². The van der Waals surface area contributed by atoms with Gasteiger partial charge in [0.15, 0.2) is 5.69 Å². The van der Waals surface area contributed by atoms with E-state index in [1.54, 1.807) is 5.38 Å². The molecule has 0 fully saturated rings. The number of aryl methyl sites for hydroxylation is 3. The monoisotopic (exact) mass is 291 g/mol. The predicted octanol–water partition coefficient (Wildman–Crippen LogP) is 3.47. The second-order valence-electron chi connectivity index (χ2n) is 4.65. The van der Waals surface area contributed by atoms with Gasteiger partial charge < -0.3 is 9.84 Å². The second-order valence-corrected chi connectivity index (χ2v) is 5.60. The molecule has 0 unspecified atom stereocenters. The van der Waals surface area contributed by atoms with Crippen LogP contribution in [0.15, 0.2) is 23.6 Å². The quantitative estimate of drug-likeness (QED) is 0.828. The van der Waals surface area contributed by atoms with Crippen LogP contribution >= 0.6 is 11.3 Å². The van der Waals surface area contributed by atoms with Crippen molar-refractivity contribution in [1.29, 1.82) is 0 Å². The molecule has 5 heteroatoms. The maximum absolute atomic E-state index is 10.7. The number of nitrogens with zero attached hydrogens (tertiary/aromatic N) is 1. The minimum Gasteiger partial charge on any atom is -0.493 e. The Hall–Kier alpha value is -1.88. The summed E-state index contributed by atoms with van der Waals surface area (Å²) in [5.41, 5.74) is 2.43. The normalized spacial score (nSPS) is 10.5. The van der Waals surface area contributed by atoms with Crippen LogP contribution in [0.2, 0.25) is 0 Å². The van der Waals surface area contributed by atoms with Crippen molar-refractivity contribution in [1.82, 2.24) is 4.98 Å². The van der Waals surface area contributed by atoms with E-state index in [1.807, 2.05) is 26.0 Å². The molecule has 1 N–H and O–H groups in total. The van der Waals surface area contributed by atoms with E-state index in [2.05, 4.69) is 11.1 Å². The number of benzene rings is 1. The van der Waals surface area contributed by atoms with Crippen LogP contribution in [0.3, 0.4) is 0 Å². The molecule has 106 valence electrons. The molecule has 0 amide bonds. The summed E-state index contributed by atoms with van der Waals surface area (Å²) in [6.07, 6.45) is 1.56. The summed E-state index contributed by atoms with van der Waals surface area (Å²) < 4.78 is 5.75. The van der Waals surface area contributed by atoms with Crippen molar-refractivity contribution < 1.29 is 14.6 Å². The first-order chi connectivity index (χ1) is 9.56. The van der Waals surface area contributed by atoms with Gasteiger partial charge in [-0.1, -0.05) is 12.1 Å². The zero-order chi connectivity index (χ0) is 14.5. The third-order valence-electron chi connectivity index (χ3n) is 2.91. The summed E-state index contributed by atoms with van der Waals surface area (Å²) in [6, 6.07) is 6.14. The molecule has 1 heterocycles. The minimum atomic E-state index is -0.973. The van der Waals surface area contributed by atoms with Gasteiger partial charge in [-0.3, -0.25) is 0 Å². The third-order valence-corrected chi connectivity index (χ3v) is 3.82. The molecular formula is C15H17NO3S. The molecule has 0 aliphatic rings. The number of rotatable bonds is 6. The van der Waals surface area contributed by atoms with Crippen LogP contribution in [0.5, 0.6) is 5.75 Å². The Bertz CT molecular complexity index is 607. The van der Waals surface area contributed by atoms with Gasteiger partial charge in [-0.25, -0.2) is 9.78 Å². The van der Waals surface area contributed by atoms with Crippen molar-refractivity contribution in [3.8, 4) is 5.75 Å². The maximum atomic E-state index is 10.7. The number of carbonyl (C=O) groups is 1. The zero-order valence-corrected chi connectivity index (χ0v) is 12.4. The van der Waals surface area contributed by atoms with Gasteiger partial charge in [0.05, 0.1) is 11.6 Å². The number of carboxylic acids is 1. The Morgan fingerprint density at radius 2 is 2.20 bits per heavy atom. The lowest BCUT2D eigenvalue weighted by Crippen LogP contribution is -2.01. The molecule has 0 aliphatic heterocycles. The van der Waals surface area contributed by atoms with Gasteiger partial charge >= 0.3 is 5.97 Å². The smallest absolute Gasteiger partial charge is 0.355 e. The molecule has 0 saturated carbocycles. The topological polar surface area (TPSA) is 59.4 Å². The van der Waals surface area contributed by atoms with Crippen molar-refractivity contribution in [2.24, 2.45) is 0 Å². The van der Waals surface area contributed by atoms with Crippen LogP contribution in [0.4, 0.5) is 0 Å². The number of aromatic nitrogens is 1. The summed E-state index contributed by atoms with van der Waals surface area (Å²) in [4.78, 5) is 14.8. The van der Waals surface area contributed by atoms with Crippen molar-refractivity contribution in [2.45, 2.75) is 26.7 Å². The first kappa shape index (κ1) is 14.5. The SMILES string of the molecule is Cc1ccc(C)c(OCCCc2nc(C(=O)O)cs2)c1. The van der Waals surface area contributed by atoms with E-state index >= 15 is 0 Å². The van der Waals surface area contributed by atoms with Crippen LogP contribution < -0.4 is 4.74 Å². The lowest BCUT2D eigenvalue weighted by atomic mass is 10.1. The Kier molecular flexibility index (Phi) is 4.74. The number of hydrogen-bond donors (Lipinski definition) is 1. The Balaban J connectivity index is 1.81. The van der Waals surface area contributed by atoms with Gasteiger partial charge in [-0.05, 0) is 37.5 Å². The van der Waals surface area contributed by atoms with E-state index in [9.17, 15) is 4.79 Å². The van der Waals surface area contributed by atoms with Gasteiger partial charge in [0.2, 0.25) is 0 Å². The van der Waals surface area contributed by atoms with Gasteiger partial charge in [-0.15, -0.1) is 11.3 Å². The van der Waals surface area contributed by atoms with Gasteiger partial charge in [0.25, 0.3) is 0 Å². The Labute approximate surface area is 122 Å². The van der Waals surface area contributed by atoms with E-state index < -0.39 is 5.97 Å². The molecule has 1 aromatic carbocycles. The number of carboxylic acid groups (broad SMARTS) is 1. The lowest BCUT2D eigenvalue weighted by molar-refractivity contribution is 0.0691. The molecule has 0 atom stereocenters. The molecule has 0 radical (unpaired) electrons. The van der Waals surface area contributed by atoms with E-state index in [4.69, 9.17) is 9.84 Å². The van der Waals surface area contributed by atoms with Crippen LogP contribution in [-0.2, 0) is 6.42 Å². The molecule has 20 heavy (non-hydrogen) atoms. The van der Waals surface area contributed by atoms with Crippen LogP contribution in [0.25, 0.3) is 0 Å². The highest BCUT2D eigenvalue weighted by Crippen LogP contribution is 2.19. The average Bonchev–Trinajstić information content (AvgIpc) is 2.87. The van der Waals surface area contributed by atoms with Crippen molar-refractivity contribution >= 4 is 17.3 Å². The van der Waals surface area contributed by atoms with Crippen LogP contribution in [-0.4, -0.2) is 22.7 Å². The first-order valence-corrected chi connectivity index (χ1v) is 7.32. The fraction of sp³-hybridized carbons (Fsp3) is 0.333. The second kappa shape index (κ2) is 6.52. The molecule has 0 spiro atoms. The number of hydrogen-bond acceptors (Lipinski definition) is 4. The van der Waals surface area contributed by atoms with Crippen LogP contribution in [0.1, 0.15) is 33.0 Å². The van der Waals surface area contributed by atoms with E-state index in [-0.39, 0.29) is 5.69 Å². The highest BCUT2D eigenvalue weighted by Gasteiger charge is 2.08. The summed E-state index contributed by atoms with van der Waals surface area (Å²) in [5.74, 6) is -0.0606. The standard InChI is InChI=1S/C15H17NO3S/c1-10-5-6-11(2)13(8-10)19-7-3-4-14-16-12(9-20-14)15(17)18/h5-6,8-9H,3-4,7H2,1-2H3,(H,17,18). The molecule has 0 bridgehead atoms. The fourth-order valence-electron chi connectivity index (χ4n) is 1.79. The average molecular weight is 291 g/mol. The lowest BCUT2D eigenvalue weighted by Gasteiger charge is -2.09. The number of thiazole rings is 1. The Morgan fingerprint density at radius 3 is 2.90 bits per heavy atom. The maximum Gasteiger partial charge on any atom is 0.355 e. The highest BCUT2D eigenvalue weighted by molar-refractivity contribution is 7.09. The number of ether oxygens (including phenoxy) is 1. The summed E-state index contributed by atoms with van der Waals surface area (Å²) in [5, 5.41) is 11.2. The van der Waals surface area contributed by atoms with E-state index in [1.165, 1.54) is 16.9 Å². The molecular weight excluding hydrogens is 274 g/mol. The number of aromatic carboxylic acids is 1. The van der Waals surface area contributed by atoms with Crippen molar-refractivity contribution in [3.63, 3.8) is 0 Å². The van der Waals surface area contributed by atoms with Crippen molar-refractivity contribution in [2.75, 3.05) is 6.61 Å². The summed E-state index contributed by atoms with van der Waals surface area (Å²) >= 11 is 1.38. The Morgan fingerprint density at radius 1 is 1.40 bits per heavy atom.